The minimum Gasteiger partial charge on any atom is -0.393 e. The summed E-state index contributed by atoms with van der Waals surface area (Å²) in [6.45, 7) is 4.01. The van der Waals surface area contributed by atoms with Crippen molar-refractivity contribution in [3.8, 4) is 0 Å². The van der Waals surface area contributed by atoms with E-state index in [0.29, 0.717) is 30.6 Å². The van der Waals surface area contributed by atoms with Crippen molar-refractivity contribution in [1.82, 2.24) is 10.3 Å². The van der Waals surface area contributed by atoms with Gasteiger partial charge in [0, 0.05) is 23.9 Å². The Morgan fingerprint density at radius 3 is 2.82 bits per heavy atom. The third kappa shape index (κ3) is 4.40. The van der Waals surface area contributed by atoms with Crippen molar-refractivity contribution in [2.24, 2.45) is 0 Å². The van der Waals surface area contributed by atoms with Gasteiger partial charge in [-0.3, -0.25) is 9.59 Å². The Labute approximate surface area is 99.9 Å². The maximum absolute atomic E-state index is 11.7. The molecule has 5 heteroatoms. The number of hydrogen-bond acceptors (Lipinski definition) is 3. The Morgan fingerprint density at radius 1 is 1.53 bits per heavy atom. The van der Waals surface area contributed by atoms with E-state index in [1.807, 2.05) is 6.92 Å². The molecule has 0 spiro atoms. The number of aromatic nitrogens is 1. The molecule has 5 nitrogen and oxygen atoms in total. The molecule has 0 saturated heterocycles. The number of nitrogens with one attached hydrogen (secondary N) is 2. The first-order chi connectivity index (χ1) is 8.02. The van der Waals surface area contributed by atoms with Crippen LogP contribution in [0.15, 0.2) is 16.9 Å². The molecule has 0 saturated carbocycles. The van der Waals surface area contributed by atoms with Crippen LogP contribution in [0.4, 0.5) is 0 Å². The number of aryl methyl sites for hydroxylation is 1. The van der Waals surface area contributed by atoms with E-state index in [0.717, 1.165) is 0 Å². The molecule has 1 aromatic rings. The average molecular weight is 238 g/mol. The van der Waals surface area contributed by atoms with E-state index in [1.54, 1.807) is 13.0 Å². The molecule has 0 fully saturated rings. The largest absolute Gasteiger partial charge is 0.393 e. The molecular formula is C12H18N2O3. The number of rotatable bonds is 5. The maximum atomic E-state index is 11.7. The van der Waals surface area contributed by atoms with Crippen LogP contribution in [0.2, 0.25) is 0 Å². The monoisotopic (exact) mass is 238 g/mol. The van der Waals surface area contributed by atoms with Crippen LogP contribution in [0.5, 0.6) is 0 Å². The second kappa shape index (κ2) is 6.20. The summed E-state index contributed by atoms with van der Waals surface area (Å²) in [5.41, 5.74) is 0.706. The van der Waals surface area contributed by atoms with Gasteiger partial charge in [-0.15, -0.1) is 0 Å². The molecule has 1 atom stereocenters. The number of pyridine rings is 1. The summed E-state index contributed by atoms with van der Waals surface area (Å²) < 4.78 is 0. The van der Waals surface area contributed by atoms with Crippen LogP contribution in [0, 0.1) is 6.92 Å². The molecule has 1 unspecified atom stereocenters. The average Bonchev–Trinajstić information content (AvgIpc) is 2.27. The zero-order chi connectivity index (χ0) is 12.8. The Morgan fingerprint density at radius 2 is 2.24 bits per heavy atom. The highest BCUT2D eigenvalue weighted by Crippen LogP contribution is 1.99. The van der Waals surface area contributed by atoms with Gasteiger partial charge in [0.1, 0.15) is 0 Å². The summed E-state index contributed by atoms with van der Waals surface area (Å²) in [6, 6.07) is 2.88. The fourth-order valence-corrected chi connectivity index (χ4v) is 1.47. The predicted molar refractivity (Wildman–Crippen MR) is 65.0 cm³/mol. The molecule has 0 aliphatic carbocycles. The quantitative estimate of drug-likeness (QED) is 0.701. The van der Waals surface area contributed by atoms with Gasteiger partial charge in [-0.1, -0.05) is 6.92 Å². The molecule has 0 aromatic carbocycles. The maximum Gasteiger partial charge on any atom is 0.251 e. The fraction of sp³-hybridized carbons (Fsp3) is 0.500. The summed E-state index contributed by atoms with van der Waals surface area (Å²) >= 11 is 0. The van der Waals surface area contributed by atoms with Crippen LogP contribution < -0.4 is 10.9 Å². The molecule has 94 valence electrons. The number of amides is 1. The van der Waals surface area contributed by atoms with Gasteiger partial charge in [0.2, 0.25) is 5.56 Å². The van der Waals surface area contributed by atoms with E-state index in [9.17, 15) is 14.7 Å². The lowest BCUT2D eigenvalue weighted by molar-refractivity contribution is 0.0941. The van der Waals surface area contributed by atoms with Gasteiger partial charge in [0.25, 0.3) is 5.91 Å². The standard InChI is InChI=1S/C12H18N2O3/c1-3-10(15)4-5-13-12(17)9-6-8(2)14-11(16)7-9/h6-7,10,15H,3-5H2,1-2H3,(H,13,17)(H,14,16). The van der Waals surface area contributed by atoms with Crippen molar-refractivity contribution in [2.75, 3.05) is 6.54 Å². The number of carbonyl (C=O) groups is 1. The van der Waals surface area contributed by atoms with Gasteiger partial charge in [0.15, 0.2) is 0 Å². The van der Waals surface area contributed by atoms with Crippen molar-refractivity contribution >= 4 is 5.91 Å². The molecule has 1 rings (SSSR count). The van der Waals surface area contributed by atoms with Crippen molar-refractivity contribution in [2.45, 2.75) is 32.8 Å². The van der Waals surface area contributed by atoms with Crippen LogP contribution >= 0.6 is 0 Å². The van der Waals surface area contributed by atoms with Crippen molar-refractivity contribution < 1.29 is 9.90 Å². The first-order valence-electron chi connectivity index (χ1n) is 5.70. The third-order valence-corrected chi connectivity index (χ3v) is 2.48. The van der Waals surface area contributed by atoms with E-state index >= 15 is 0 Å². The Balaban J connectivity index is 2.55. The molecule has 0 aliphatic rings. The lowest BCUT2D eigenvalue weighted by Gasteiger charge is -2.08. The van der Waals surface area contributed by atoms with Crippen LogP contribution in [0.1, 0.15) is 35.8 Å². The Kier molecular flexibility index (Phi) is 4.90. The zero-order valence-corrected chi connectivity index (χ0v) is 10.1. The van der Waals surface area contributed by atoms with Gasteiger partial charge in [-0.2, -0.15) is 0 Å². The third-order valence-electron chi connectivity index (χ3n) is 2.48. The number of aliphatic hydroxyl groups is 1. The minimum absolute atomic E-state index is 0.288. The van der Waals surface area contributed by atoms with E-state index < -0.39 is 6.10 Å². The Bertz CT molecular complexity index is 440. The second-order valence-electron chi connectivity index (χ2n) is 4.02. The van der Waals surface area contributed by atoms with E-state index in [1.165, 1.54) is 6.07 Å². The summed E-state index contributed by atoms with van der Waals surface area (Å²) in [5, 5.41) is 12.0. The molecule has 1 heterocycles. The number of aliphatic hydroxyl groups excluding tert-OH is 1. The second-order valence-corrected chi connectivity index (χ2v) is 4.02. The molecule has 0 bridgehead atoms. The van der Waals surface area contributed by atoms with Crippen LogP contribution in [0.3, 0.4) is 0 Å². The van der Waals surface area contributed by atoms with E-state index in [2.05, 4.69) is 10.3 Å². The van der Waals surface area contributed by atoms with E-state index in [4.69, 9.17) is 0 Å². The molecule has 1 aromatic heterocycles. The van der Waals surface area contributed by atoms with Crippen molar-refractivity contribution in [3.05, 3.63) is 33.7 Å². The highest BCUT2D eigenvalue weighted by molar-refractivity contribution is 5.94. The topological polar surface area (TPSA) is 82.2 Å². The van der Waals surface area contributed by atoms with Crippen LogP contribution in [-0.4, -0.2) is 28.6 Å². The minimum atomic E-state index is -0.392. The summed E-state index contributed by atoms with van der Waals surface area (Å²) in [6.07, 6.45) is 0.793. The zero-order valence-electron chi connectivity index (χ0n) is 10.1. The molecular weight excluding hydrogens is 220 g/mol. The number of aromatic amines is 1. The molecule has 17 heavy (non-hydrogen) atoms. The first kappa shape index (κ1) is 13.4. The lowest BCUT2D eigenvalue weighted by Crippen LogP contribution is -2.28. The highest BCUT2D eigenvalue weighted by Gasteiger charge is 2.07. The highest BCUT2D eigenvalue weighted by atomic mass is 16.3. The van der Waals surface area contributed by atoms with Gasteiger partial charge in [-0.25, -0.2) is 0 Å². The van der Waals surface area contributed by atoms with Crippen molar-refractivity contribution in [3.63, 3.8) is 0 Å². The first-order valence-corrected chi connectivity index (χ1v) is 5.70. The lowest BCUT2D eigenvalue weighted by atomic mass is 10.2. The number of H-pyrrole nitrogens is 1. The summed E-state index contributed by atoms with van der Waals surface area (Å²) in [5.74, 6) is -0.289. The molecule has 0 aliphatic heterocycles. The van der Waals surface area contributed by atoms with Crippen molar-refractivity contribution in [1.29, 1.82) is 0 Å². The molecule has 3 N–H and O–H groups in total. The van der Waals surface area contributed by atoms with Gasteiger partial charge in [-0.05, 0) is 25.8 Å². The predicted octanol–water partition coefficient (Wildman–Crippen LogP) is 0.574. The molecule has 1 amide bonds. The summed E-state index contributed by atoms with van der Waals surface area (Å²) in [4.78, 5) is 25.4. The fourth-order valence-electron chi connectivity index (χ4n) is 1.47. The van der Waals surface area contributed by atoms with E-state index in [-0.39, 0.29) is 11.5 Å². The van der Waals surface area contributed by atoms with Crippen LogP contribution in [-0.2, 0) is 0 Å². The SMILES string of the molecule is CCC(O)CCNC(=O)c1cc(C)[nH]c(=O)c1. The Hall–Kier alpha value is -1.62. The normalized spacial score (nSPS) is 12.2. The smallest absolute Gasteiger partial charge is 0.251 e. The van der Waals surface area contributed by atoms with Crippen LogP contribution in [0.25, 0.3) is 0 Å². The van der Waals surface area contributed by atoms with Gasteiger partial charge >= 0.3 is 0 Å². The molecule has 0 radical (unpaired) electrons. The van der Waals surface area contributed by atoms with Gasteiger partial charge in [0.05, 0.1) is 6.10 Å². The number of hydrogen-bond donors (Lipinski definition) is 3. The number of carbonyl (C=O) groups excluding carboxylic acids is 1. The summed E-state index contributed by atoms with van der Waals surface area (Å²) in [7, 11) is 0. The van der Waals surface area contributed by atoms with Gasteiger partial charge < -0.3 is 15.4 Å².